The molecule has 114 valence electrons. The molecule has 5 nitrogen and oxygen atoms in total. The molecule has 6 heteroatoms. The molecule has 1 saturated carbocycles. The maximum absolute atomic E-state index is 12.4. The fourth-order valence-electron chi connectivity index (χ4n) is 3.31. The van der Waals surface area contributed by atoms with Gasteiger partial charge in [0.2, 0.25) is 10.0 Å². The van der Waals surface area contributed by atoms with Gasteiger partial charge in [-0.25, -0.2) is 13.1 Å². The van der Waals surface area contributed by atoms with Crippen LogP contribution in [-0.2, 0) is 27.7 Å². The van der Waals surface area contributed by atoms with E-state index in [2.05, 4.69) is 4.72 Å². The van der Waals surface area contributed by atoms with E-state index in [0.29, 0.717) is 25.7 Å². The summed E-state index contributed by atoms with van der Waals surface area (Å²) >= 11 is 0. The Labute approximate surface area is 124 Å². The second kappa shape index (κ2) is 5.42. The summed E-state index contributed by atoms with van der Waals surface area (Å²) in [5.41, 5.74) is 2.23. The van der Waals surface area contributed by atoms with E-state index in [1.165, 1.54) is 0 Å². The maximum Gasteiger partial charge on any atom is 0.303 e. The zero-order chi connectivity index (χ0) is 15.0. The molecular weight excluding hydrogens is 290 g/mol. The topological polar surface area (TPSA) is 83.5 Å². The molecule has 0 heterocycles. The predicted molar refractivity (Wildman–Crippen MR) is 78.5 cm³/mol. The number of hydrogen-bond acceptors (Lipinski definition) is 3. The van der Waals surface area contributed by atoms with E-state index in [0.717, 1.165) is 11.1 Å². The highest BCUT2D eigenvalue weighted by atomic mass is 32.2. The lowest BCUT2D eigenvalue weighted by Gasteiger charge is -2.35. The predicted octanol–water partition coefficient (Wildman–Crippen LogP) is 1.33. The smallest absolute Gasteiger partial charge is 0.303 e. The number of nitrogens with one attached hydrogen (secondary N) is 1. The van der Waals surface area contributed by atoms with Gasteiger partial charge in [0.15, 0.2) is 0 Å². The molecular formula is C15H19NO4S. The van der Waals surface area contributed by atoms with E-state index in [4.69, 9.17) is 5.11 Å². The minimum absolute atomic E-state index is 0.0944. The minimum atomic E-state index is -3.34. The fraction of sp³-hybridized carbons (Fsp3) is 0.533. The first kappa shape index (κ1) is 14.5. The van der Waals surface area contributed by atoms with Crippen molar-refractivity contribution in [2.75, 3.05) is 0 Å². The standard InChI is InChI=1S/C15H19NO4S/c17-15(18)7-10-5-13(6-10)16-21(19,20)14-8-11-3-1-2-4-12(11)9-14/h1-4,10,13-14,16H,5-9H2,(H,17,18). The number of sulfonamides is 1. The molecule has 1 aromatic carbocycles. The van der Waals surface area contributed by atoms with Crippen LogP contribution in [0, 0.1) is 5.92 Å². The molecule has 0 radical (unpaired) electrons. The van der Waals surface area contributed by atoms with Crippen molar-refractivity contribution in [1.82, 2.24) is 4.72 Å². The monoisotopic (exact) mass is 309 g/mol. The van der Waals surface area contributed by atoms with Crippen molar-refractivity contribution in [3.05, 3.63) is 35.4 Å². The summed E-state index contributed by atoms with van der Waals surface area (Å²) in [6.07, 6.45) is 2.52. The van der Waals surface area contributed by atoms with Gasteiger partial charge in [0.1, 0.15) is 0 Å². The number of rotatable bonds is 5. The third kappa shape index (κ3) is 3.11. The number of hydrogen-bond donors (Lipinski definition) is 2. The Morgan fingerprint density at radius 3 is 2.29 bits per heavy atom. The van der Waals surface area contributed by atoms with Gasteiger partial charge >= 0.3 is 5.97 Å². The van der Waals surface area contributed by atoms with E-state index in [-0.39, 0.29) is 18.4 Å². The highest BCUT2D eigenvalue weighted by Crippen LogP contribution is 2.32. The van der Waals surface area contributed by atoms with Crippen LogP contribution < -0.4 is 4.72 Å². The summed E-state index contributed by atoms with van der Waals surface area (Å²) in [7, 11) is -3.34. The van der Waals surface area contributed by atoms with Crippen molar-refractivity contribution in [3.63, 3.8) is 0 Å². The van der Waals surface area contributed by atoms with E-state index < -0.39 is 21.2 Å². The first-order valence-corrected chi connectivity index (χ1v) is 8.78. The van der Waals surface area contributed by atoms with Gasteiger partial charge in [-0.2, -0.15) is 0 Å². The number of carbonyl (C=O) groups is 1. The van der Waals surface area contributed by atoms with Crippen molar-refractivity contribution >= 4 is 16.0 Å². The Morgan fingerprint density at radius 2 is 1.76 bits per heavy atom. The minimum Gasteiger partial charge on any atom is -0.481 e. The van der Waals surface area contributed by atoms with Gasteiger partial charge in [-0.3, -0.25) is 4.79 Å². The van der Waals surface area contributed by atoms with Crippen LogP contribution in [0.1, 0.15) is 30.4 Å². The molecule has 3 rings (SSSR count). The number of fused-ring (bicyclic) bond motifs is 1. The largest absolute Gasteiger partial charge is 0.481 e. The molecule has 0 unspecified atom stereocenters. The van der Waals surface area contributed by atoms with Gasteiger partial charge in [0.05, 0.1) is 5.25 Å². The highest BCUT2D eigenvalue weighted by Gasteiger charge is 2.38. The molecule has 1 fully saturated rings. The third-order valence-corrected chi connectivity index (χ3v) is 6.36. The molecule has 2 N–H and O–H groups in total. The van der Waals surface area contributed by atoms with Crippen LogP contribution in [-0.4, -0.2) is 30.8 Å². The van der Waals surface area contributed by atoms with E-state index in [1.54, 1.807) is 0 Å². The summed E-state index contributed by atoms with van der Waals surface area (Å²) < 4.78 is 27.6. The average molecular weight is 309 g/mol. The molecule has 0 atom stereocenters. The summed E-state index contributed by atoms with van der Waals surface area (Å²) in [6.45, 7) is 0. The summed E-state index contributed by atoms with van der Waals surface area (Å²) in [6, 6.07) is 7.74. The second-order valence-electron chi connectivity index (χ2n) is 6.09. The van der Waals surface area contributed by atoms with Crippen molar-refractivity contribution in [3.8, 4) is 0 Å². The van der Waals surface area contributed by atoms with Crippen LogP contribution >= 0.6 is 0 Å². The Bertz CT molecular complexity index is 624. The highest BCUT2D eigenvalue weighted by molar-refractivity contribution is 7.90. The lowest BCUT2D eigenvalue weighted by molar-refractivity contribution is -0.138. The molecule has 1 aromatic rings. The van der Waals surface area contributed by atoms with Crippen molar-refractivity contribution in [2.24, 2.45) is 5.92 Å². The summed E-state index contributed by atoms with van der Waals surface area (Å²) in [5, 5.41) is 8.31. The molecule has 0 aromatic heterocycles. The van der Waals surface area contributed by atoms with Gasteiger partial charge in [0, 0.05) is 12.5 Å². The maximum atomic E-state index is 12.4. The van der Waals surface area contributed by atoms with E-state index >= 15 is 0 Å². The van der Waals surface area contributed by atoms with Crippen LogP contribution in [0.2, 0.25) is 0 Å². The molecule has 2 aliphatic carbocycles. The first-order valence-electron chi connectivity index (χ1n) is 7.24. The molecule has 2 aliphatic rings. The van der Waals surface area contributed by atoms with E-state index in [1.807, 2.05) is 24.3 Å². The van der Waals surface area contributed by atoms with Gasteiger partial charge in [0.25, 0.3) is 0 Å². The van der Waals surface area contributed by atoms with Gasteiger partial charge < -0.3 is 5.11 Å². The van der Waals surface area contributed by atoms with E-state index in [9.17, 15) is 13.2 Å². The van der Waals surface area contributed by atoms with Crippen LogP contribution in [0.25, 0.3) is 0 Å². The molecule has 0 amide bonds. The van der Waals surface area contributed by atoms with Crippen LogP contribution in [0.5, 0.6) is 0 Å². The summed E-state index contributed by atoms with van der Waals surface area (Å²) in [4.78, 5) is 10.6. The number of carboxylic acids is 1. The van der Waals surface area contributed by atoms with Gasteiger partial charge in [-0.05, 0) is 42.7 Å². The SMILES string of the molecule is O=C(O)CC1CC(NS(=O)(=O)C2Cc3ccccc3C2)C1. The Kier molecular flexibility index (Phi) is 3.75. The van der Waals surface area contributed by atoms with Crippen molar-refractivity contribution < 1.29 is 18.3 Å². The lowest BCUT2D eigenvalue weighted by atomic mass is 9.79. The zero-order valence-electron chi connectivity index (χ0n) is 11.7. The van der Waals surface area contributed by atoms with Crippen LogP contribution in [0.4, 0.5) is 0 Å². The quantitative estimate of drug-likeness (QED) is 0.859. The van der Waals surface area contributed by atoms with Gasteiger partial charge in [-0.1, -0.05) is 24.3 Å². The summed E-state index contributed by atoms with van der Waals surface area (Å²) in [5.74, 6) is -0.705. The number of benzene rings is 1. The molecule has 0 bridgehead atoms. The number of aliphatic carboxylic acids is 1. The average Bonchev–Trinajstić information content (AvgIpc) is 2.80. The molecule has 21 heavy (non-hydrogen) atoms. The third-order valence-electron chi connectivity index (χ3n) is 4.48. The normalized spacial score (nSPS) is 25.3. The van der Waals surface area contributed by atoms with Crippen molar-refractivity contribution in [1.29, 1.82) is 0 Å². The van der Waals surface area contributed by atoms with Crippen LogP contribution in [0.15, 0.2) is 24.3 Å². The lowest BCUT2D eigenvalue weighted by Crippen LogP contribution is -2.48. The molecule has 0 saturated heterocycles. The Hall–Kier alpha value is -1.40. The number of carboxylic acid groups (broad SMARTS) is 1. The molecule has 0 aliphatic heterocycles. The van der Waals surface area contributed by atoms with Crippen molar-refractivity contribution in [2.45, 2.75) is 43.4 Å². The Balaban J connectivity index is 1.56. The first-order chi connectivity index (χ1) is 9.94. The van der Waals surface area contributed by atoms with Crippen LogP contribution in [0.3, 0.4) is 0 Å². The fourth-order valence-corrected chi connectivity index (χ4v) is 4.96. The zero-order valence-corrected chi connectivity index (χ0v) is 12.5. The van der Waals surface area contributed by atoms with Gasteiger partial charge in [-0.15, -0.1) is 0 Å². The Morgan fingerprint density at radius 1 is 1.19 bits per heavy atom. The molecule has 0 spiro atoms. The second-order valence-corrected chi connectivity index (χ2v) is 8.09.